The van der Waals surface area contributed by atoms with Crippen molar-refractivity contribution in [2.24, 2.45) is 5.92 Å². The maximum absolute atomic E-state index is 12.1. The summed E-state index contributed by atoms with van der Waals surface area (Å²) >= 11 is 0. The van der Waals surface area contributed by atoms with E-state index in [9.17, 15) is 14.4 Å². The van der Waals surface area contributed by atoms with Crippen LogP contribution in [0.15, 0.2) is 24.3 Å². The third-order valence-corrected chi connectivity index (χ3v) is 3.26. The van der Waals surface area contributed by atoms with Crippen molar-refractivity contribution in [1.82, 2.24) is 9.80 Å². The first-order chi connectivity index (χ1) is 10.4. The van der Waals surface area contributed by atoms with E-state index < -0.39 is 17.8 Å². The zero-order valence-electron chi connectivity index (χ0n) is 13.0. The van der Waals surface area contributed by atoms with Crippen molar-refractivity contribution in [1.29, 1.82) is 0 Å². The summed E-state index contributed by atoms with van der Waals surface area (Å²) in [4.78, 5) is 37.7. The zero-order chi connectivity index (χ0) is 16.3. The second-order valence-corrected chi connectivity index (χ2v) is 5.71. The Bertz CT molecular complexity index is 598. The minimum atomic E-state index is -0.779. The first kappa shape index (κ1) is 16.0. The van der Waals surface area contributed by atoms with Gasteiger partial charge in [-0.3, -0.25) is 19.4 Å². The highest BCUT2D eigenvalue weighted by Crippen LogP contribution is 2.15. The van der Waals surface area contributed by atoms with Crippen LogP contribution in [0.5, 0.6) is 5.75 Å². The number of rotatable bonds is 6. The Morgan fingerprint density at radius 1 is 1.09 bits per heavy atom. The molecule has 22 heavy (non-hydrogen) atoms. The first-order valence-electron chi connectivity index (χ1n) is 7.27. The average Bonchev–Trinajstić information content (AvgIpc) is 2.64. The highest BCUT2D eigenvalue weighted by atomic mass is 16.5. The number of carbonyl (C=O) groups is 3. The van der Waals surface area contributed by atoms with Crippen LogP contribution in [-0.2, 0) is 9.59 Å². The predicted octanol–water partition coefficient (Wildman–Crippen LogP) is 1.82. The quantitative estimate of drug-likeness (QED) is 0.594. The van der Waals surface area contributed by atoms with Crippen LogP contribution in [0, 0.1) is 12.8 Å². The summed E-state index contributed by atoms with van der Waals surface area (Å²) in [6.45, 7) is 6.18. The van der Waals surface area contributed by atoms with Crippen LogP contribution in [0.25, 0.3) is 0 Å². The standard InChI is InChI=1S/C16H20N2O4/c1-11(2)10-18-15(20)14(19)17(16(18)21)7-8-22-13-6-4-5-12(3)9-13/h4-6,9,11H,7-8,10H2,1-3H3. The third kappa shape index (κ3) is 3.44. The minimum Gasteiger partial charge on any atom is -0.492 e. The van der Waals surface area contributed by atoms with E-state index in [4.69, 9.17) is 4.74 Å². The number of carbonyl (C=O) groups excluding carboxylic acids is 3. The van der Waals surface area contributed by atoms with Gasteiger partial charge in [-0.2, -0.15) is 0 Å². The fourth-order valence-electron chi connectivity index (χ4n) is 2.23. The Labute approximate surface area is 129 Å². The Morgan fingerprint density at radius 2 is 1.77 bits per heavy atom. The highest BCUT2D eigenvalue weighted by Gasteiger charge is 2.44. The lowest BCUT2D eigenvalue weighted by Gasteiger charge is -2.17. The predicted molar refractivity (Wildman–Crippen MR) is 80.3 cm³/mol. The molecule has 0 N–H and O–H groups in total. The van der Waals surface area contributed by atoms with Crippen LogP contribution in [0.2, 0.25) is 0 Å². The maximum atomic E-state index is 12.1. The molecule has 1 aromatic rings. The fraction of sp³-hybridized carbons (Fsp3) is 0.438. The molecule has 118 valence electrons. The summed E-state index contributed by atoms with van der Waals surface area (Å²) in [6, 6.07) is 6.92. The molecule has 1 heterocycles. The molecule has 0 bridgehead atoms. The van der Waals surface area contributed by atoms with Crippen molar-refractivity contribution in [3.05, 3.63) is 29.8 Å². The molecule has 2 rings (SSSR count). The third-order valence-electron chi connectivity index (χ3n) is 3.26. The average molecular weight is 304 g/mol. The first-order valence-corrected chi connectivity index (χ1v) is 7.27. The van der Waals surface area contributed by atoms with E-state index in [2.05, 4.69) is 0 Å². The number of nitrogens with zero attached hydrogens (tertiary/aromatic N) is 2. The molecule has 0 saturated carbocycles. The summed E-state index contributed by atoms with van der Waals surface area (Å²) in [5, 5.41) is 0. The molecule has 0 aliphatic carbocycles. The lowest BCUT2D eigenvalue weighted by Crippen LogP contribution is -2.37. The largest absolute Gasteiger partial charge is 0.492 e. The molecule has 0 radical (unpaired) electrons. The van der Waals surface area contributed by atoms with Crippen molar-refractivity contribution < 1.29 is 19.1 Å². The van der Waals surface area contributed by atoms with Crippen LogP contribution in [-0.4, -0.2) is 47.3 Å². The summed E-state index contributed by atoms with van der Waals surface area (Å²) < 4.78 is 5.52. The fourth-order valence-corrected chi connectivity index (χ4v) is 2.23. The van der Waals surface area contributed by atoms with E-state index in [1.54, 1.807) is 6.07 Å². The molecule has 1 aliphatic rings. The van der Waals surface area contributed by atoms with Gasteiger partial charge in [-0.25, -0.2) is 4.79 Å². The van der Waals surface area contributed by atoms with Crippen LogP contribution >= 0.6 is 0 Å². The van der Waals surface area contributed by atoms with Crippen molar-refractivity contribution >= 4 is 17.8 Å². The number of ether oxygens (including phenoxy) is 1. The molecular formula is C16H20N2O4. The number of hydrogen-bond acceptors (Lipinski definition) is 4. The van der Waals surface area contributed by atoms with Gasteiger partial charge in [0, 0.05) is 6.54 Å². The zero-order valence-corrected chi connectivity index (χ0v) is 13.0. The summed E-state index contributed by atoms with van der Waals surface area (Å²) in [5.41, 5.74) is 1.06. The van der Waals surface area contributed by atoms with Gasteiger partial charge in [0.1, 0.15) is 12.4 Å². The molecule has 0 atom stereocenters. The van der Waals surface area contributed by atoms with E-state index >= 15 is 0 Å². The summed E-state index contributed by atoms with van der Waals surface area (Å²) in [6.07, 6.45) is 0. The van der Waals surface area contributed by atoms with Crippen molar-refractivity contribution in [3.63, 3.8) is 0 Å². The van der Waals surface area contributed by atoms with E-state index in [1.165, 1.54) is 0 Å². The van der Waals surface area contributed by atoms with Gasteiger partial charge in [-0.1, -0.05) is 26.0 Å². The molecule has 1 fully saturated rings. The van der Waals surface area contributed by atoms with Gasteiger partial charge >= 0.3 is 17.8 Å². The number of hydrogen-bond donors (Lipinski definition) is 0. The second-order valence-electron chi connectivity index (χ2n) is 5.71. The van der Waals surface area contributed by atoms with Crippen LogP contribution in [0.3, 0.4) is 0 Å². The molecule has 0 unspecified atom stereocenters. The second kappa shape index (κ2) is 6.60. The molecule has 1 aromatic carbocycles. The summed E-state index contributed by atoms with van der Waals surface area (Å²) in [5.74, 6) is -0.749. The van der Waals surface area contributed by atoms with E-state index in [0.717, 1.165) is 15.4 Å². The molecule has 0 aromatic heterocycles. The number of benzene rings is 1. The molecule has 1 aliphatic heterocycles. The summed E-state index contributed by atoms with van der Waals surface area (Å²) in [7, 11) is 0. The number of urea groups is 1. The molecule has 1 saturated heterocycles. The highest BCUT2D eigenvalue weighted by molar-refractivity contribution is 6.44. The van der Waals surface area contributed by atoms with Crippen molar-refractivity contribution in [2.45, 2.75) is 20.8 Å². The molecule has 6 nitrogen and oxygen atoms in total. The van der Waals surface area contributed by atoms with Gasteiger partial charge < -0.3 is 4.74 Å². The number of imide groups is 2. The van der Waals surface area contributed by atoms with E-state index in [1.807, 2.05) is 39.0 Å². The van der Waals surface area contributed by atoms with Gasteiger partial charge in [-0.15, -0.1) is 0 Å². The van der Waals surface area contributed by atoms with E-state index in [0.29, 0.717) is 5.75 Å². The van der Waals surface area contributed by atoms with Gasteiger partial charge in [-0.05, 0) is 30.5 Å². The Hall–Kier alpha value is -2.37. The van der Waals surface area contributed by atoms with Crippen LogP contribution in [0.4, 0.5) is 4.79 Å². The van der Waals surface area contributed by atoms with Gasteiger partial charge in [0.05, 0.1) is 6.54 Å². The lowest BCUT2D eigenvalue weighted by atomic mass is 10.2. The smallest absolute Gasteiger partial charge is 0.334 e. The Balaban J connectivity index is 1.94. The monoisotopic (exact) mass is 304 g/mol. The topological polar surface area (TPSA) is 66.9 Å². The number of aryl methyl sites for hydroxylation is 1. The Morgan fingerprint density at radius 3 is 2.41 bits per heavy atom. The molecule has 4 amide bonds. The van der Waals surface area contributed by atoms with E-state index in [-0.39, 0.29) is 25.6 Å². The van der Waals surface area contributed by atoms with Crippen molar-refractivity contribution in [2.75, 3.05) is 19.7 Å². The normalized spacial score (nSPS) is 15.2. The van der Waals surface area contributed by atoms with Crippen LogP contribution < -0.4 is 4.74 Å². The van der Waals surface area contributed by atoms with Gasteiger partial charge in [0.2, 0.25) is 0 Å². The minimum absolute atomic E-state index is 0.0615. The number of amides is 4. The maximum Gasteiger partial charge on any atom is 0.334 e. The lowest BCUT2D eigenvalue weighted by molar-refractivity contribution is -0.143. The molecular weight excluding hydrogens is 284 g/mol. The van der Waals surface area contributed by atoms with Crippen LogP contribution in [0.1, 0.15) is 19.4 Å². The molecule has 6 heteroatoms. The Kier molecular flexibility index (Phi) is 4.80. The van der Waals surface area contributed by atoms with Gasteiger partial charge in [0.25, 0.3) is 0 Å². The SMILES string of the molecule is Cc1cccc(OCCN2C(=O)C(=O)N(CC(C)C)C2=O)c1. The van der Waals surface area contributed by atoms with Gasteiger partial charge in [0.15, 0.2) is 0 Å². The van der Waals surface area contributed by atoms with Crippen molar-refractivity contribution in [3.8, 4) is 5.75 Å². The molecule has 0 spiro atoms.